The van der Waals surface area contributed by atoms with Gasteiger partial charge in [0.25, 0.3) is 0 Å². The number of nitrogens with zero attached hydrogens (tertiary/aromatic N) is 2. The maximum Gasteiger partial charge on any atom is 0.231 e. The third-order valence-electron chi connectivity index (χ3n) is 3.26. The molecule has 1 N–H and O–H groups in total. The first-order valence-corrected chi connectivity index (χ1v) is 6.63. The van der Waals surface area contributed by atoms with Gasteiger partial charge >= 0.3 is 0 Å². The Morgan fingerprint density at radius 3 is 2.44 bits per heavy atom. The van der Waals surface area contributed by atoms with Gasteiger partial charge in [-0.05, 0) is 26.8 Å². The predicted octanol–water partition coefficient (Wildman–Crippen LogP) is 2.51. The Balaban J connectivity index is 2.83. The zero-order chi connectivity index (χ0) is 13.7. The van der Waals surface area contributed by atoms with Crippen molar-refractivity contribution in [1.82, 2.24) is 15.5 Å². The van der Waals surface area contributed by atoms with Gasteiger partial charge in [0.15, 0.2) is 0 Å². The summed E-state index contributed by atoms with van der Waals surface area (Å²) >= 11 is 0. The summed E-state index contributed by atoms with van der Waals surface area (Å²) in [5, 5.41) is 7.25. The van der Waals surface area contributed by atoms with Crippen LogP contribution in [0.2, 0.25) is 0 Å². The Hall–Kier alpha value is -0.940. The van der Waals surface area contributed by atoms with Crippen LogP contribution in [0.5, 0.6) is 0 Å². The van der Waals surface area contributed by atoms with Gasteiger partial charge in [0.1, 0.15) is 6.10 Å². The van der Waals surface area contributed by atoms with Crippen molar-refractivity contribution in [1.29, 1.82) is 0 Å². The van der Waals surface area contributed by atoms with Crippen LogP contribution in [0.25, 0.3) is 0 Å². The molecule has 5 nitrogen and oxygen atoms in total. The molecular weight excluding hydrogens is 230 g/mol. The number of rotatable bonds is 7. The summed E-state index contributed by atoms with van der Waals surface area (Å²) in [6.07, 6.45) is -0.0930. The van der Waals surface area contributed by atoms with E-state index in [9.17, 15) is 0 Å². The highest BCUT2D eigenvalue weighted by molar-refractivity contribution is 4.99. The van der Waals surface area contributed by atoms with Gasteiger partial charge in [0.2, 0.25) is 11.7 Å². The normalized spacial score (nSPS) is 16.8. The van der Waals surface area contributed by atoms with Crippen LogP contribution in [0.3, 0.4) is 0 Å². The number of hydrogen-bond donors (Lipinski definition) is 1. The molecule has 3 unspecified atom stereocenters. The highest BCUT2D eigenvalue weighted by Crippen LogP contribution is 2.25. The molecule has 1 heterocycles. The molecule has 0 aromatic carbocycles. The molecule has 18 heavy (non-hydrogen) atoms. The molecule has 1 aromatic heterocycles. The molecule has 3 atom stereocenters. The van der Waals surface area contributed by atoms with Crippen LogP contribution in [-0.4, -0.2) is 29.8 Å². The van der Waals surface area contributed by atoms with Crippen molar-refractivity contribution in [3.05, 3.63) is 11.7 Å². The smallest absolute Gasteiger partial charge is 0.231 e. The van der Waals surface area contributed by atoms with Gasteiger partial charge in [0.05, 0.1) is 5.92 Å². The van der Waals surface area contributed by atoms with E-state index in [0.29, 0.717) is 30.3 Å². The maximum atomic E-state index is 5.67. The lowest BCUT2D eigenvalue weighted by Gasteiger charge is -2.17. The van der Waals surface area contributed by atoms with E-state index in [2.05, 4.69) is 43.2 Å². The topological polar surface area (TPSA) is 60.2 Å². The van der Waals surface area contributed by atoms with Crippen molar-refractivity contribution >= 4 is 0 Å². The highest BCUT2D eigenvalue weighted by Gasteiger charge is 2.25. The summed E-state index contributed by atoms with van der Waals surface area (Å²) < 4.78 is 11.0. The molecule has 0 amide bonds. The standard InChI is InChI=1S/C13H25N3O2/c1-7-17-11(8(2)3)12-15-13(18-16-12)9(4)10(5)14-6/h8-11,14H,7H2,1-6H3. The molecule has 0 saturated carbocycles. The van der Waals surface area contributed by atoms with Crippen molar-refractivity contribution in [2.24, 2.45) is 5.92 Å². The van der Waals surface area contributed by atoms with Crippen LogP contribution in [0, 0.1) is 5.92 Å². The lowest BCUT2D eigenvalue weighted by atomic mass is 10.0. The number of likely N-dealkylation sites (N-methyl/N-ethyl adjacent to an activating group) is 1. The van der Waals surface area contributed by atoms with Crippen molar-refractivity contribution < 1.29 is 9.26 Å². The molecule has 0 radical (unpaired) electrons. The van der Waals surface area contributed by atoms with E-state index in [1.165, 1.54) is 0 Å². The van der Waals surface area contributed by atoms with E-state index in [4.69, 9.17) is 9.26 Å². The quantitative estimate of drug-likeness (QED) is 0.811. The van der Waals surface area contributed by atoms with E-state index >= 15 is 0 Å². The fraction of sp³-hybridized carbons (Fsp3) is 0.846. The van der Waals surface area contributed by atoms with Crippen molar-refractivity contribution in [3.8, 4) is 0 Å². The maximum absolute atomic E-state index is 5.67. The molecule has 104 valence electrons. The van der Waals surface area contributed by atoms with Crippen molar-refractivity contribution in [2.45, 2.75) is 52.7 Å². The second kappa shape index (κ2) is 6.85. The van der Waals surface area contributed by atoms with Gasteiger partial charge in [-0.15, -0.1) is 0 Å². The molecule has 0 spiro atoms. The summed E-state index contributed by atoms with van der Waals surface area (Å²) in [5.74, 6) is 1.83. The number of aromatic nitrogens is 2. The SMILES string of the molecule is CCOC(c1noc(C(C)C(C)NC)n1)C(C)C. The lowest BCUT2D eigenvalue weighted by molar-refractivity contribution is 0.0217. The van der Waals surface area contributed by atoms with Gasteiger partial charge in [-0.25, -0.2) is 0 Å². The largest absolute Gasteiger partial charge is 0.370 e. The van der Waals surface area contributed by atoms with Gasteiger partial charge in [-0.1, -0.05) is 25.9 Å². The second-order valence-corrected chi connectivity index (χ2v) is 4.98. The minimum absolute atomic E-state index is 0.0930. The molecule has 0 saturated heterocycles. The van der Waals surface area contributed by atoms with Gasteiger partial charge in [-0.2, -0.15) is 4.98 Å². The van der Waals surface area contributed by atoms with E-state index in [1.807, 2.05) is 14.0 Å². The van der Waals surface area contributed by atoms with Crippen LogP contribution in [0.15, 0.2) is 4.52 Å². The first-order valence-electron chi connectivity index (χ1n) is 6.63. The molecule has 0 aliphatic rings. The Morgan fingerprint density at radius 1 is 1.28 bits per heavy atom. The minimum Gasteiger partial charge on any atom is -0.370 e. The fourth-order valence-corrected chi connectivity index (χ4v) is 1.76. The van der Waals surface area contributed by atoms with Gasteiger partial charge in [-0.3, -0.25) is 0 Å². The van der Waals surface area contributed by atoms with Crippen LogP contribution in [0.4, 0.5) is 0 Å². The monoisotopic (exact) mass is 255 g/mol. The molecule has 1 rings (SSSR count). The van der Waals surface area contributed by atoms with E-state index in [1.54, 1.807) is 0 Å². The Labute approximate surface area is 109 Å². The summed E-state index contributed by atoms with van der Waals surface area (Å²) in [7, 11) is 1.93. The third-order valence-corrected chi connectivity index (χ3v) is 3.26. The fourth-order valence-electron chi connectivity index (χ4n) is 1.76. The average Bonchev–Trinajstić information content (AvgIpc) is 2.82. The zero-order valence-corrected chi connectivity index (χ0v) is 12.2. The lowest BCUT2D eigenvalue weighted by Crippen LogP contribution is -2.27. The van der Waals surface area contributed by atoms with Crippen LogP contribution < -0.4 is 5.32 Å². The van der Waals surface area contributed by atoms with Crippen molar-refractivity contribution in [3.63, 3.8) is 0 Å². The van der Waals surface area contributed by atoms with Crippen LogP contribution in [0.1, 0.15) is 58.4 Å². The van der Waals surface area contributed by atoms with E-state index in [-0.39, 0.29) is 12.0 Å². The second-order valence-electron chi connectivity index (χ2n) is 4.98. The number of hydrogen-bond acceptors (Lipinski definition) is 5. The Bertz CT molecular complexity index is 352. The molecule has 0 aliphatic heterocycles. The van der Waals surface area contributed by atoms with Gasteiger partial charge < -0.3 is 14.6 Å². The average molecular weight is 255 g/mol. The molecule has 0 aliphatic carbocycles. The van der Waals surface area contributed by atoms with Crippen LogP contribution in [-0.2, 0) is 4.74 Å². The first-order chi connectivity index (χ1) is 8.51. The highest BCUT2D eigenvalue weighted by atomic mass is 16.5. The third kappa shape index (κ3) is 3.53. The molecule has 1 aromatic rings. The van der Waals surface area contributed by atoms with E-state index < -0.39 is 0 Å². The first kappa shape index (κ1) is 15.1. The summed E-state index contributed by atoms with van der Waals surface area (Å²) in [6.45, 7) is 11.0. The number of ether oxygens (including phenoxy) is 1. The minimum atomic E-state index is -0.0930. The Morgan fingerprint density at radius 2 is 1.94 bits per heavy atom. The Kier molecular flexibility index (Phi) is 5.75. The summed E-state index contributed by atoms with van der Waals surface area (Å²) in [5.41, 5.74) is 0. The molecule has 0 fully saturated rings. The molecular formula is C13H25N3O2. The summed E-state index contributed by atoms with van der Waals surface area (Å²) in [4.78, 5) is 4.48. The molecule has 5 heteroatoms. The summed E-state index contributed by atoms with van der Waals surface area (Å²) in [6, 6.07) is 0.294. The zero-order valence-electron chi connectivity index (χ0n) is 12.2. The van der Waals surface area contributed by atoms with Gasteiger partial charge in [0, 0.05) is 12.6 Å². The van der Waals surface area contributed by atoms with Crippen molar-refractivity contribution in [2.75, 3.05) is 13.7 Å². The molecule has 0 bridgehead atoms. The number of nitrogens with one attached hydrogen (secondary N) is 1. The van der Waals surface area contributed by atoms with E-state index in [0.717, 1.165) is 0 Å². The predicted molar refractivity (Wildman–Crippen MR) is 70.4 cm³/mol. The van der Waals surface area contributed by atoms with Crippen LogP contribution >= 0.6 is 0 Å².